The molecule has 1 amide bonds. The molecule has 0 fully saturated rings. The molecule has 1 aromatic rings. The zero-order valence-electron chi connectivity index (χ0n) is 10.0. The Kier molecular flexibility index (Phi) is 5.10. The van der Waals surface area contributed by atoms with Crippen LogP contribution in [0.2, 0.25) is 0 Å². The van der Waals surface area contributed by atoms with Gasteiger partial charge in [0.15, 0.2) is 0 Å². The number of rotatable bonds is 5. The van der Waals surface area contributed by atoms with Crippen LogP contribution < -0.4 is 11.1 Å². The van der Waals surface area contributed by atoms with E-state index in [0.29, 0.717) is 6.42 Å². The fourth-order valence-corrected chi connectivity index (χ4v) is 1.28. The first kappa shape index (κ1) is 14.0. The molecule has 3 N–H and O–H groups in total. The minimum absolute atomic E-state index is 0.102. The number of benzene rings is 1. The van der Waals surface area contributed by atoms with E-state index in [-0.39, 0.29) is 30.2 Å². The number of carbonyl (C=O) groups is 2. The van der Waals surface area contributed by atoms with Crippen molar-refractivity contribution in [1.82, 2.24) is 5.32 Å². The van der Waals surface area contributed by atoms with E-state index in [9.17, 15) is 14.0 Å². The van der Waals surface area contributed by atoms with Crippen LogP contribution in [0.3, 0.4) is 0 Å². The molecule has 0 spiro atoms. The van der Waals surface area contributed by atoms with E-state index in [1.165, 1.54) is 19.2 Å². The molecule has 1 aromatic carbocycles. The minimum Gasteiger partial charge on any atom is -0.462 e. The number of carbonyl (C=O) groups excluding carboxylic acids is 2. The molecule has 1 rings (SSSR count). The first-order valence-corrected chi connectivity index (χ1v) is 5.47. The smallest absolute Gasteiger partial charge is 0.338 e. The lowest BCUT2D eigenvalue weighted by molar-refractivity contribution is -0.120. The largest absolute Gasteiger partial charge is 0.462 e. The van der Waals surface area contributed by atoms with E-state index in [0.717, 1.165) is 6.07 Å². The lowest BCUT2D eigenvalue weighted by Crippen LogP contribution is -2.18. The summed E-state index contributed by atoms with van der Waals surface area (Å²) in [6.45, 7) is 0.129. The fourth-order valence-electron chi connectivity index (χ4n) is 1.28. The van der Waals surface area contributed by atoms with Gasteiger partial charge in [-0.2, -0.15) is 0 Å². The van der Waals surface area contributed by atoms with Crippen molar-refractivity contribution >= 4 is 17.6 Å². The summed E-state index contributed by atoms with van der Waals surface area (Å²) in [6, 6.07) is 3.62. The first-order chi connectivity index (χ1) is 8.54. The van der Waals surface area contributed by atoms with Gasteiger partial charge in [0.25, 0.3) is 0 Å². The van der Waals surface area contributed by atoms with Gasteiger partial charge < -0.3 is 15.8 Å². The van der Waals surface area contributed by atoms with Crippen LogP contribution in [0.25, 0.3) is 0 Å². The molecule has 98 valence electrons. The van der Waals surface area contributed by atoms with Crippen molar-refractivity contribution in [3.63, 3.8) is 0 Å². The zero-order chi connectivity index (χ0) is 13.5. The zero-order valence-corrected chi connectivity index (χ0v) is 10.0. The molecule has 5 nitrogen and oxygen atoms in total. The molecule has 0 saturated heterocycles. The van der Waals surface area contributed by atoms with Gasteiger partial charge in [-0.05, 0) is 24.6 Å². The van der Waals surface area contributed by atoms with Crippen LogP contribution in [0, 0.1) is 5.82 Å². The molecule has 0 aliphatic rings. The molecular weight excluding hydrogens is 239 g/mol. The van der Waals surface area contributed by atoms with E-state index < -0.39 is 11.8 Å². The van der Waals surface area contributed by atoms with Crippen LogP contribution in [0.15, 0.2) is 18.2 Å². The van der Waals surface area contributed by atoms with Gasteiger partial charge in [0.2, 0.25) is 5.91 Å². The van der Waals surface area contributed by atoms with Gasteiger partial charge >= 0.3 is 5.97 Å². The van der Waals surface area contributed by atoms with Crippen LogP contribution in [0.5, 0.6) is 0 Å². The topological polar surface area (TPSA) is 81.4 Å². The van der Waals surface area contributed by atoms with Crippen molar-refractivity contribution in [1.29, 1.82) is 0 Å². The highest BCUT2D eigenvalue weighted by Gasteiger charge is 2.09. The third-order valence-corrected chi connectivity index (χ3v) is 2.29. The third-order valence-electron chi connectivity index (χ3n) is 2.29. The van der Waals surface area contributed by atoms with Crippen molar-refractivity contribution in [3.05, 3.63) is 29.6 Å². The third kappa shape index (κ3) is 4.04. The number of anilines is 1. The second-order valence-electron chi connectivity index (χ2n) is 3.65. The van der Waals surface area contributed by atoms with Gasteiger partial charge in [0, 0.05) is 13.5 Å². The number of esters is 1. The fraction of sp³-hybridized carbons (Fsp3) is 0.333. The summed E-state index contributed by atoms with van der Waals surface area (Å²) in [5.41, 5.74) is 5.42. The molecule has 18 heavy (non-hydrogen) atoms. The Bertz CT molecular complexity index is 449. The number of nitrogens with one attached hydrogen (secondary N) is 1. The number of nitrogens with two attached hydrogens (primary N) is 1. The van der Waals surface area contributed by atoms with Crippen LogP contribution in [-0.4, -0.2) is 25.5 Å². The summed E-state index contributed by atoms with van der Waals surface area (Å²) < 4.78 is 17.8. The average molecular weight is 254 g/mol. The van der Waals surface area contributed by atoms with Gasteiger partial charge in [-0.15, -0.1) is 0 Å². The molecule has 0 saturated carbocycles. The summed E-state index contributed by atoms with van der Waals surface area (Å²) in [6.07, 6.45) is 0.720. The molecule has 0 heterocycles. The number of amides is 1. The van der Waals surface area contributed by atoms with Gasteiger partial charge in [-0.3, -0.25) is 4.79 Å². The summed E-state index contributed by atoms with van der Waals surface area (Å²) in [5.74, 6) is -1.28. The monoisotopic (exact) mass is 254 g/mol. The second-order valence-corrected chi connectivity index (χ2v) is 3.65. The van der Waals surface area contributed by atoms with E-state index in [1.54, 1.807) is 0 Å². The van der Waals surface area contributed by atoms with E-state index in [4.69, 9.17) is 10.5 Å². The SMILES string of the molecule is CNC(=O)CCCOC(=O)c1ccc(F)c(N)c1. The van der Waals surface area contributed by atoms with Crippen molar-refractivity contribution < 1.29 is 18.7 Å². The number of ether oxygens (including phenoxy) is 1. The maximum atomic E-state index is 12.9. The Labute approximate surface area is 104 Å². The van der Waals surface area contributed by atoms with E-state index in [1.807, 2.05) is 0 Å². The standard InChI is InChI=1S/C12H15FN2O3/c1-15-11(16)3-2-6-18-12(17)8-4-5-9(13)10(14)7-8/h4-5,7H,2-3,6,14H2,1H3,(H,15,16). The summed E-state index contributed by atoms with van der Waals surface area (Å²) in [5, 5.41) is 2.46. The Balaban J connectivity index is 2.41. The van der Waals surface area contributed by atoms with Gasteiger partial charge in [-0.25, -0.2) is 9.18 Å². The predicted octanol–water partition coefficient (Wildman–Crippen LogP) is 1.09. The molecule has 0 bridgehead atoms. The summed E-state index contributed by atoms with van der Waals surface area (Å²) in [4.78, 5) is 22.4. The predicted molar refractivity (Wildman–Crippen MR) is 64.4 cm³/mol. The Morgan fingerprint density at radius 1 is 1.44 bits per heavy atom. The average Bonchev–Trinajstić information content (AvgIpc) is 2.37. The molecule has 0 unspecified atom stereocenters. The van der Waals surface area contributed by atoms with Gasteiger partial charge in [-0.1, -0.05) is 0 Å². The van der Waals surface area contributed by atoms with Gasteiger partial charge in [0.1, 0.15) is 5.82 Å². The van der Waals surface area contributed by atoms with Crippen molar-refractivity contribution in [2.45, 2.75) is 12.8 Å². The highest BCUT2D eigenvalue weighted by atomic mass is 19.1. The Hall–Kier alpha value is -2.11. The maximum Gasteiger partial charge on any atom is 0.338 e. The normalized spacial score (nSPS) is 9.89. The second kappa shape index (κ2) is 6.58. The molecule has 0 atom stereocenters. The van der Waals surface area contributed by atoms with E-state index >= 15 is 0 Å². The molecule has 6 heteroatoms. The summed E-state index contributed by atoms with van der Waals surface area (Å²) in [7, 11) is 1.54. The highest BCUT2D eigenvalue weighted by Crippen LogP contribution is 2.13. The van der Waals surface area contributed by atoms with Gasteiger partial charge in [0.05, 0.1) is 17.9 Å². The molecule has 0 aliphatic heterocycles. The highest BCUT2D eigenvalue weighted by molar-refractivity contribution is 5.90. The van der Waals surface area contributed by atoms with Crippen molar-refractivity contribution in [2.24, 2.45) is 0 Å². The van der Waals surface area contributed by atoms with Crippen molar-refractivity contribution in [2.75, 3.05) is 19.4 Å². The summed E-state index contributed by atoms with van der Waals surface area (Å²) >= 11 is 0. The lowest BCUT2D eigenvalue weighted by Gasteiger charge is -2.05. The van der Waals surface area contributed by atoms with Crippen LogP contribution >= 0.6 is 0 Å². The van der Waals surface area contributed by atoms with Crippen molar-refractivity contribution in [3.8, 4) is 0 Å². The van der Waals surface area contributed by atoms with Crippen LogP contribution in [-0.2, 0) is 9.53 Å². The quantitative estimate of drug-likeness (QED) is 0.468. The molecule has 0 aromatic heterocycles. The Morgan fingerprint density at radius 2 is 2.17 bits per heavy atom. The van der Waals surface area contributed by atoms with E-state index in [2.05, 4.69) is 5.32 Å². The maximum absolute atomic E-state index is 12.9. The van der Waals surface area contributed by atoms with Crippen LogP contribution in [0.4, 0.5) is 10.1 Å². The number of halogens is 1. The van der Waals surface area contributed by atoms with Crippen LogP contribution in [0.1, 0.15) is 23.2 Å². The number of hydrogen-bond acceptors (Lipinski definition) is 4. The first-order valence-electron chi connectivity index (χ1n) is 5.47. The Morgan fingerprint density at radius 3 is 2.78 bits per heavy atom. The number of hydrogen-bond donors (Lipinski definition) is 2. The molecule has 0 radical (unpaired) electrons. The lowest BCUT2D eigenvalue weighted by atomic mass is 10.2. The minimum atomic E-state index is -0.585. The number of nitrogen functional groups attached to an aromatic ring is 1. The molecular formula is C12H15FN2O3. The molecule has 0 aliphatic carbocycles.